The van der Waals surface area contributed by atoms with Crippen LogP contribution in [0.3, 0.4) is 0 Å². The molecule has 10 nitrogen and oxygen atoms in total. The number of aliphatic imine (C=N–C) groups is 3. The summed E-state index contributed by atoms with van der Waals surface area (Å²) in [6, 6.07) is 10.4. The van der Waals surface area contributed by atoms with E-state index in [4.69, 9.17) is 16.9 Å². The summed E-state index contributed by atoms with van der Waals surface area (Å²) in [6.07, 6.45) is 9.11. The maximum Gasteiger partial charge on any atom is 0.133 e. The highest BCUT2D eigenvalue weighted by molar-refractivity contribution is 14.1. The van der Waals surface area contributed by atoms with E-state index in [1.807, 2.05) is 75.3 Å². The molecule has 0 atom stereocenters. The SMILES string of the molecule is CC(C)(C#N)c1csc(-c2ccnc3c2C(Cl)=NC3)n1.CC(C)(C#N)c1csc(-c2ccnc3c2C=NC3)n1.Ic1ccnc2c1C=NC2. The molecule has 3 aliphatic rings. The van der Waals surface area contributed by atoms with Crippen LogP contribution in [0.25, 0.3) is 21.1 Å². The van der Waals surface area contributed by atoms with Crippen molar-refractivity contribution in [3.05, 3.63) is 96.3 Å². The van der Waals surface area contributed by atoms with E-state index in [0.717, 1.165) is 67.3 Å². The fourth-order valence-corrected chi connectivity index (χ4v) is 7.84. The molecular formula is C35H28ClIN10S2. The van der Waals surface area contributed by atoms with Gasteiger partial charge < -0.3 is 0 Å². The molecule has 8 rings (SSSR count). The lowest BCUT2D eigenvalue weighted by atomic mass is 9.92. The van der Waals surface area contributed by atoms with E-state index in [9.17, 15) is 5.26 Å². The summed E-state index contributed by atoms with van der Waals surface area (Å²) < 4.78 is 1.24. The number of hydrogen-bond acceptors (Lipinski definition) is 12. The molecule has 244 valence electrons. The maximum absolute atomic E-state index is 9.19. The summed E-state index contributed by atoms with van der Waals surface area (Å²) in [5.74, 6) is 0. The van der Waals surface area contributed by atoms with Crippen LogP contribution in [-0.4, -0.2) is 42.5 Å². The Balaban J connectivity index is 0.000000134. The van der Waals surface area contributed by atoms with Crippen LogP contribution in [-0.2, 0) is 30.5 Å². The monoisotopic (exact) mass is 814 g/mol. The number of thiazole rings is 2. The Labute approximate surface area is 310 Å². The van der Waals surface area contributed by atoms with Gasteiger partial charge in [0.25, 0.3) is 0 Å². The minimum atomic E-state index is -0.594. The van der Waals surface area contributed by atoms with E-state index in [1.54, 1.807) is 23.7 Å². The molecule has 49 heavy (non-hydrogen) atoms. The average molecular weight is 815 g/mol. The summed E-state index contributed by atoms with van der Waals surface area (Å²) in [7, 11) is 0. The van der Waals surface area contributed by atoms with Gasteiger partial charge in [0.2, 0.25) is 0 Å². The molecule has 0 spiro atoms. The normalized spacial score (nSPS) is 13.6. The van der Waals surface area contributed by atoms with Gasteiger partial charge in [-0.2, -0.15) is 10.5 Å². The molecular weight excluding hydrogens is 787 g/mol. The smallest absolute Gasteiger partial charge is 0.133 e. The number of pyridine rings is 3. The van der Waals surface area contributed by atoms with Crippen molar-refractivity contribution in [1.29, 1.82) is 10.5 Å². The second kappa shape index (κ2) is 14.3. The number of fused-ring (bicyclic) bond motifs is 3. The van der Waals surface area contributed by atoms with Gasteiger partial charge in [0, 0.05) is 73.2 Å². The Hall–Kier alpha value is -4.28. The van der Waals surface area contributed by atoms with Crippen LogP contribution >= 0.6 is 56.9 Å². The quantitative estimate of drug-likeness (QED) is 0.167. The van der Waals surface area contributed by atoms with Crippen molar-refractivity contribution in [2.75, 3.05) is 0 Å². The third-order valence-electron chi connectivity index (χ3n) is 7.93. The first kappa shape index (κ1) is 34.6. The first-order valence-electron chi connectivity index (χ1n) is 15.1. The lowest BCUT2D eigenvalue weighted by Gasteiger charge is -2.10. The molecule has 0 unspecified atom stereocenters. The second-order valence-corrected chi connectivity index (χ2v) is 15.4. The lowest BCUT2D eigenvalue weighted by Crippen LogP contribution is -2.14. The van der Waals surface area contributed by atoms with Crippen molar-refractivity contribution in [1.82, 2.24) is 24.9 Å². The second-order valence-electron chi connectivity index (χ2n) is 12.1. The minimum absolute atomic E-state index is 0.486. The molecule has 8 heterocycles. The van der Waals surface area contributed by atoms with Crippen molar-refractivity contribution < 1.29 is 0 Å². The molecule has 5 aromatic heterocycles. The Kier molecular flexibility index (Phi) is 10.1. The number of halogens is 2. The lowest BCUT2D eigenvalue weighted by molar-refractivity contribution is 0.666. The van der Waals surface area contributed by atoms with Crippen molar-refractivity contribution >= 4 is 74.5 Å². The molecule has 0 fully saturated rings. The van der Waals surface area contributed by atoms with Gasteiger partial charge in [-0.05, 0) is 68.5 Å². The van der Waals surface area contributed by atoms with E-state index in [2.05, 4.69) is 74.6 Å². The van der Waals surface area contributed by atoms with Gasteiger partial charge in [-0.25, -0.2) is 9.97 Å². The van der Waals surface area contributed by atoms with E-state index in [-0.39, 0.29) is 0 Å². The number of rotatable bonds is 4. The van der Waals surface area contributed by atoms with Crippen molar-refractivity contribution in [3.63, 3.8) is 0 Å². The van der Waals surface area contributed by atoms with Gasteiger partial charge in [0.1, 0.15) is 15.2 Å². The predicted octanol–water partition coefficient (Wildman–Crippen LogP) is 8.06. The van der Waals surface area contributed by atoms with Crippen LogP contribution in [0.15, 0.2) is 62.5 Å². The zero-order valence-electron chi connectivity index (χ0n) is 26.9. The van der Waals surface area contributed by atoms with Gasteiger partial charge in [0.15, 0.2) is 0 Å². The highest BCUT2D eigenvalue weighted by Gasteiger charge is 2.27. The highest BCUT2D eigenvalue weighted by Crippen LogP contribution is 2.35. The Morgan fingerprint density at radius 1 is 0.714 bits per heavy atom. The van der Waals surface area contributed by atoms with Crippen molar-refractivity contribution in [2.24, 2.45) is 15.0 Å². The first-order chi connectivity index (χ1) is 23.5. The number of nitrogens with zero attached hydrogens (tertiary/aromatic N) is 10. The van der Waals surface area contributed by atoms with E-state index >= 15 is 0 Å². The van der Waals surface area contributed by atoms with Gasteiger partial charge in [-0.1, -0.05) is 11.6 Å². The first-order valence-corrected chi connectivity index (χ1v) is 18.3. The number of aromatic nitrogens is 5. The van der Waals surface area contributed by atoms with Crippen LogP contribution < -0.4 is 0 Å². The highest BCUT2D eigenvalue weighted by atomic mass is 127. The van der Waals surface area contributed by atoms with Gasteiger partial charge in [-0.15, -0.1) is 22.7 Å². The third-order valence-corrected chi connectivity index (χ3v) is 10.9. The average Bonchev–Trinajstić information content (AvgIpc) is 3.95. The fraction of sp³-hybridized carbons (Fsp3) is 0.257. The molecule has 0 N–H and O–H groups in total. The molecule has 0 amide bonds. The molecule has 0 saturated carbocycles. The summed E-state index contributed by atoms with van der Waals surface area (Å²) in [6.45, 7) is 9.39. The van der Waals surface area contributed by atoms with E-state index < -0.39 is 10.8 Å². The Morgan fingerprint density at radius 3 is 1.82 bits per heavy atom. The maximum atomic E-state index is 9.19. The van der Waals surface area contributed by atoms with Crippen LogP contribution in [0.1, 0.15) is 72.9 Å². The van der Waals surface area contributed by atoms with E-state index in [1.165, 1.54) is 20.5 Å². The van der Waals surface area contributed by atoms with Crippen LogP contribution in [0.4, 0.5) is 0 Å². The summed E-state index contributed by atoms with van der Waals surface area (Å²) in [4.78, 5) is 34.6. The topological polar surface area (TPSA) is 149 Å². The Bertz CT molecular complexity index is 2240. The van der Waals surface area contributed by atoms with Gasteiger partial charge in [0.05, 0.1) is 71.1 Å². The van der Waals surface area contributed by atoms with E-state index in [0.29, 0.717) is 18.3 Å². The fourth-order valence-electron chi connectivity index (χ4n) is 4.91. The molecule has 0 aliphatic carbocycles. The largest absolute Gasteiger partial charge is 0.286 e. The zero-order chi connectivity index (χ0) is 34.8. The molecule has 0 aromatic carbocycles. The minimum Gasteiger partial charge on any atom is -0.286 e. The van der Waals surface area contributed by atoms with Gasteiger partial charge in [-0.3, -0.25) is 29.9 Å². The van der Waals surface area contributed by atoms with Crippen LogP contribution in [0, 0.1) is 26.2 Å². The molecule has 0 radical (unpaired) electrons. The zero-order valence-corrected chi connectivity index (χ0v) is 31.5. The molecule has 14 heteroatoms. The number of hydrogen-bond donors (Lipinski definition) is 0. The molecule has 0 bridgehead atoms. The van der Waals surface area contributed by atoms with Crippen LogP contribution in [0.2, 0.25) is 0 Å². The summed E-state index contributed by atoms with van der Waals surface area (Å²) >= 11 is 11.5. The standard InChI is InChI=1S/C14H11ClN4S.C14H12N4S.C7H5IN2/c1-14(2,7-16)10-6-20-13(19-10)8-3-4-17-9-5-18-12(15)11(8)9;1-14(2,8-15)12-7-19-13(18-12)9-3-4-17-11-6-16-5-10(9)11;8-6-1-2-10-7-4-9-3-5(6)7/h3-4,6H,5H2,1-2H3;3-5,7H,6H2,1-2H3;1-3H,4H2. The van der Waals surface area contributed by atoms with Gasteiger partial charge >= 0.3 is 0 Å². The van der Waals surface area contributed by atoms with Crippen molar-refractivity contribution in [2.45, 2.75) is 58.2 Å². The van der Waals surface area contributed by atoms with Crippen molar-refractivity contribution in [3.8, 4) is 33.3 Å². The number of nitriles is 2. The summed E-state index contributed by atoms with van der Waals surface area (Å²) in [5.41, 5.74) is 8.52. The Morgan fingerprint density at radius 2 is 1.22 bits per heavy atom. The summed E-state index contributed by atoms with van der Waals surface area (Å²) in [5, 5.41) is 24.5. The van der Waals surface area contributed by atoms with Crippen LogP contribution in [0.5, 0.6) is 0 Å². The molecule has 3 aliphatic heterocycles. The predicted molar refractivity (Wildman–Crippen MR) is 204 cm³/mol. The molecule has 0 saturated heterocycles. The molecule has 5 aromatic rings. The third kappa shape index (κ3) is 7.21.